The molecule has 0 aromatic heterocycles. The van der Waals surface area contributed by atoms with Crippen molar-refractivity contribution in [3.8, 4) is 5.75 Å². The van der Waals surface area contributed by atoms with Crippen LogP contribution >= 0.6 is 0 Å². The Kier molecular flexibility index (Phi) is 16.1. The van der Waals surface area contributed by atoms with E-state index in [1.165, 1.54) is 0 Å². The summed E-state index contributed by atoms with van der Waals surface area (Å²) in [6.45, 7) is 15.0. The Bertz CT molecular complexity index is 868. The van der Waals surface area contributed by atoms with Crippen molar-refractivity contribution >= 4 is 17.5 Å². The number of nitrogens with one attached hydrogen (secondary N) is 1. The second-order valence-corrected chi connectivity index (χ2v) is 11.2. The van der Waals surface area contributed by atoms with E-state index >= 15 is 0 Å². The topological polar surface area (TPSA) is 120 Å². The zero-order chi connectivity index (χ0) is 29.4. The van der Waals surface area contributed by atoms with E-state index in [0.717, 1.165) is 5.56 Å². The third-order valence-corrected chi connectivity index (χ3v) is 6.06. The molecule has 222 valence electrons. The second-order valence-electron chi connectivity index (χ2n) is 11.2. The summed E-state index contributed by atoms with van der Waals surface area (Å²) in [6.07, 6.45) is 0.557. The van der Waals surface area contributed by atoms with Crippen molar-refractivity contribution in [1.82, 2.24) is 5.32 Å². The van der Waals surface area contributed by atoms with Crippen molar-refractivity contribution in [2.75, 3.05) is 39.6 Å². The molecule has 0 aliphatic rings. The van der Waals surface area contributed by atoms with Crippen LogP contribution < -0.4 is 10.1 Å². The van der Waals surface area contributed by atoms with Gasteiger partial charge in [0.15, 0.2) is 11.6 Å². The minimum absolute atomic E-state index is 0.000780. The lowest BCUT2D eigenvalue weighted by molar-refractivity contribution is -0.133. The van der Waals surface area contributed by atoms with Gasteiger partial charge < -0.3 is 29.4 Å². The van der Waals surface area contributed by atoms with E-state index in [9.17, 15) is 14.4 Å². The largest absolute Gasteiger partial charge is 0.486 e. The van der Waals surface area contributed by atoms with E-state index in [1.54, 1.807) is 52.0 Å². The number of amides is 1. The summed E-state index contributed by atoms with van der Waals surface area (Å²) >= 11 is 0. The molecule has 2 N–H and O–H groups in total. The SMILES string of the molecule is CC(COCCOC(C)COCC(C)CC(=O)C(C)(C)NC(=O)C(C)C)CC(=O)COc1ccc(CO)cc1. The van der Waals surface area contributed by atoms with Gasteiger partial charge in [-0.05, 0) is 50.3 Å². The van der Waals surface area contributed by atoms with Gasteiger partial charge in [0, 0.05) is 32.0 Å². The van der Waals surface area contributed by atoms with E-state index in [0.29, 0.717) is 51.6 Å². The Morgan fingerprint density at radius 3 is 2.10 bits per heavy atom. The number of carbonyl (C=O) groups is 3. The Balaban J connectivity index is 2.12. The Hall–Kier alpha value is -2.33. The molecule has 0 aliphatic heterocycles. The highest BCUT2D eigenvalue weighted by molar-refractivity contribution is 5.92. The maximum atomic E-state index is 12.6. The van der Waals surface area contributed by atoms with Crippen molar-refractivity contribution in [2.24, 2.45) is 17.8 Å². The first-order chi connectivity index (χ1) is 18.3. The normalized spacial score (nSPS) is 14.1. The first kappa shape index (κ1) is 34.7. The molecule has 0 spiro atoms. The fourth-order valence-corrected chi connectivity index (χ4v) is 3.59. The molecular weight excluding hydrogens is 502 g/mol. The van der Waals surface area contributed by atoms with Crippen molar-refractivity contribution in [3.63, 3.8) is 0 Å². The maximum Gasteiger partial charge on any atom is 0.223 e. The fourth-order valence-electron chi connectivity index (χ4n) is 3.59. The molecule has 9 nitrogen and oxygen atoms in total. The monoisotopic (exact) mass is 551 g/mol. The number of hydrogen-bond donors (Lipinski definition) is 2. The van der Waals surface area contributed by atoms with Crippen LogP contribution in [0.2, 0.25) is 0 Å². The lowest BCUT2D eigenvalue weighted by atomic mass is 9.91. The molecule has 1 aromatic rings. The van der Waals surface area contributed by atoms with Gasteiger partial charge >= 0.3 is 0 Å². The first-order valence-corrected chi connectivity index (χ1v) is 13.8. The van der Waals surface area contributed by atoms with Crippen LogP contribution in [-0.4, -0.2) is 73.9 Å². The van der Waals surface area contributed by atoms with Crippen molar-refractivity contribution in [1.29, 1.82) is 0 Å². The number of ether oxygens (including phenoxy) is 4. The number of hydrogen-bond acceptors (Lipinski definition) is 8. The molecule has 1 amide bonds. The van der Waals surface area contributed by atoms with Crippen LogP contribution in [0.4, 0.5) is 0 Å². The quantitative estimate of drug-likeness (QED) is 0.222. The molecular formula is C30H49NO8. The van der Waals surface area contributed by atoms with E-state index in [1.807, 2.05) is 20.8 Å². The van der Waals surface area contributed by atoms with E-state index in [2.05, 4.69) is 5.32 Å². The lowest BCUT2D eigenvalue weighted by Gasteiger charge is -2.27. The summed E-state index contributed by atoms with van der Waals surface area (Å²) in [4.78, 5) is 36.7. The van der Waals surface area contributed by atoms with E-state index < -0.39 is 5.54 Å². The molecule has 0 radical (unpaired) electrons. The molecule has 9 heteroatoms. The minimum Gasteiger partial charge on any atom is -0.486 e. The van der Waals surface area contributed by atoms with Gasteiger partial charge in [0.25, 0.3) is 0 Å². The number of carbonyl (C=O) groups excluding carboxylic acids is 3. The zero-order valence-electron chi connectivity index (χ0n) is 24.8. The maximum absolute atomic E-state index is 12.6. The number of rotatable bonds is 21. The van der Waals surface area contributed by atoms with Gasteiger partial charge in [0.05, 0.1) is 38.1 Å². The highest BCUT2D eigenvalue weighted by Crippen LogP contribution is 2.15. The number of benzene rings is 1. The predicted molar refractivity (Wildman–Crippen MR) is 150 cm³/mol. The summed E-state index contributed by atoms with van der Waals surface area (Å²) < 4.78 is 22.6. The fraction of sp³-hybridized carbons (Fsp3) is 0.700. The molecule has 39 heavy (non-hydrogen) atoms. The molecule has 0 fully saturated rings. The summed E-state index contributed by atoms with van der Waals surface area (Å²) in [5.74, 6) is 0.341. The molecule has 0 heterocycles. The van der Waals surface area contributed by atoms with Crippen molar-refractivity contribution in [2.45, 2.75) is 79.6 Å². The summed E-state index contributed by atoms with van der Waals surface area (Å²) in [6, 6.07) is 6.98. The van der Waals surface area contributed by atoms with E-state index in [-0.39, 0.29) is 54.5 Å². The van der Waals surface area contributed by atoms with Crippen molar-refractivity contribution < 1.29 is 38.4 Å². The molecule has 1 rings (SSSR count). The highest BCUT2D eigenvalue weighted by Gasteiger charge is 2.30. The Morgan fingerprint density at radius 2 is 1.49 bits per heavy atom. The standard InChI is InChI=1S/C30H49NO8/c1-21(2)29(35)31-30(6,7)28(34)15-23(4)18-37-19-24(5)38-13-12-36-17-22(3)14-26(33)20-39-27-10-8-25(16-32)9-11-27/h8-11,21-24,32H,12-20H2,1-7H3,(H,31,35). The lowest BCUT2D eigenvalue weighted by Crippen LogP contribution is -2.51. The van der Waals surface area contributed by atoms with Crippen molar-refractivity contribution in [3.05, 3.63) is 29.8 Å². The third-order valence-electron chi connectivity index (χ3n) is 6.06. The summed E-state index contributed by atoms with van der Waals surface area (Å²) in [7, 11) is 0. The second kappa shape index (κ2) is 18.1. The molecule has 0 aliphatic carbocycles. The first-order valence-electron chi connectivity index (χ1n) is 13.8. The van der Waals surface area contributed by atoms with Crippen LogP contribution in [0.3, 0.4) is 0 Å². The predicted octanol–water partition coefficient (Wildman–Crippen LogP) is 3.74. The van der Waals surface area contributed by atoms with Crippen LogP contribution in [0, 0.1) is 17.8 Å². The molecule has 1 aromatic carbocycles. The van der Waals surface area contributed by atoms with Gasteiger partial charge in [-0.2, -0.15) is 0 Å². The average Bonchev–Trinajstić information content (AvgIpc) is 2.87. The minimum atomic E-state index is -0.904. The van der Waals surface area contributed by atoms with Gasteiger partial charge in [0.1, 0.15) is 12.4 Å². The number of aliphatic hydroxyl groups excluding tert-OH is 1. The third kappa shape index (κ3) is 15.1. The van der Waals surface area contributed by atoms with E-state index in [4.69, 9.17) is 24.1 Å². The van der Waals surface area contributed by atoms with Crippen LogP contribution in [0.5, 0.6) is 5.75 Å². The van der Waals surface area contributed by atoms with Crippen LogP contribution in [0.15, 0.2) is 24.3 Å². The van der Waals surface area contributed by atoms with Crippen LogP contribution in [0.25, 0.3) is 0 Å². The van der Waals surface area contributed by atoms with Gasteiger partial charge in [-0.15, -0.1) is 0 Å². The molecule has 0 bridgehead atoms. The summed E-state index contributed by atoms with van der Waals surface area (Å²) in [5, 5.41) is 11.9. The number of aliphatic hydroxyl groups is 1. The Labute approximate surface area is 233 Å². The van der Waals surface area contributed by atoms with Gasteiger partial charge in [-0.3, -0.25) is 14.4 Å². The summed E-state index contributed by atoms with van der Waals surface area (Å²) in [5.41, 5.74) is -0.114. The average molecular weight is 552 g/mol. The number of Topliss-reactive ketones (excluding diaryl/α,β-unsaturated/α-hetero) is 2. The molecule has 0 saturated carbocycles. The number of ketones is 2. The van der Waals surface area contributed by atoms with Gasteiger partial charge in [-0.1, -0.05) is 39.8 Å². The van der Waals surface area contributed by atoms with Gasteiger partial charge in [-0.25, -0.2) is 0 Å². The molecule has 3 atom stereocenters. The highest BCUT2D eigenvalue weighted by atomic mass is 16.5. The smallest absolute Gasteiger partial charge is 0.223 e. The molecule has 3 unspecified atom stereocenters. The van der Waals surface area contributed by atoms with Crippen LogP contribution in [0.1, 0.15) is 66.9 Å². The van der Waals surface area contributed by atoms with Crippen LogP contribution in [-0.2, 0) is 35.2 Å². The zero-order valence-corrected chi connectivity index (χ0v) is 24.8. The Morgan fingerprint density at radius 1 is 0.872 bits per heavy atom. The molecule has 0 saturated heterocycles. The van der Waals surface area contributed by atoms with Gasteiger partial charge in [0.2, 0.25) is 5.91 Å².